The summed E-state index contributed by atoms with van der Waals surface area (Å²) in [6.07, 6.45) is 2.94. The molecular formula is C13H14N2O3S. The lowest BCUT2D eigenvalue weighted by molar-refractivity contribution is -0.111. The molecule has 1 amide bonds. The van der Waals surface area contributed by atoms with Crippen LogP contribution in [0.2, 0.25) is 0 Å². The number of nitrogens with zero attached hydrogens (tertiary/aromatic N) is 1. The van der Waals surface area contributed by atoms with Gasteiger partial charge in [0.05, 0.1) is 12.2 Å². The van der Waals surface area contributed by atoms with E-state index in [1.165, 1.54) is 6.08 Å². The SMILES string of the molecule is C/C=C\C(=O)Nc1sc(C(=O)OCC)c(C)c1C#N. The lowest BCUT2D eigenvalue weighted by Crippen LogP contribution is -2.07. The maximum absolute atomic E-state index is 11.7. The normalized spacial score (nSPS) is 10.2. The van der Waals surface area contributed by atoms with Crippen molar-refractivity contribution in [3.05, 3.63) is 28.2 Å². The fraction of sp³-hybridized carbons (Fsp3) is 0.308. The van der Waals surface area contributed by atoms with Gasteiger partial charge < -0.3 is 10.1 Å². The summed E-state index contributed by atoms with van der Waals surface area (Å²) in [6, 6.07) is 1.99. The third kappa shape index (κ3) is 3.42. The van der Waals surface area contributed by atoms with Crippen molar-refractivity contribution < 1.29 is 14.3 Å². The molecule has 0 saturated heterocycles. The van der Waals surface area contributed by atoms with Crippen LogP contribution < -0.4 is 5.32 Å². The van der Waals surface area contributed by atoms with E-state index in [0.29, 0.717) is 21.0 Å². The second-order valence-corrected chi connectivity index (χ2v) is 4.60. The minimum atomic E-state index is -0.479. The van der Waals surface area contributed by atoms with E-state index < -0.39 is 5.97 Å². The minimum Gasteiger partial charge on any atom is -0.462 e. The van der Waals surface area contributed by atoms with Gasteiger partial charge in [-0.3, -0.25) is 4.79 Å². The number of nitriles is 1. The monoisotopic (exact) mass is 278 g/mol. The van der Waals surface area contributed by atoms with Gasteiger partial charge in [0.15, 0.2) is 0 Å². The molecule has 1 aromatic heterocycles. The number of anilines is 1. The molecule has 1 rings (SSSR count). The molecule has 0 unspecified atom stereocenters. The fourth-order valence-electron chi connectivity index (χ4n) is 1.43. The summed E-state index contributed by atoms with van der Waals surface area (Å²) < 4.78 is 4.91. The van der Waals surface area contributed by atoms with Crippen LogP contribution in [0.4, 0.5) is 5.00 Å². The molecule has 5 nitrogen and oxygen atoms in total. The van der Waals surface area contributed by atoms with Gasteiger partial charge in [0.1, 0.15) is 15.9 Å². The number of amides is 1. The number of thiophene rings is 1. The largest absolute Gasteiger partial charge is 0.462 e. The van der Waals surface area contributed by atoms with Crippen LogP contribution in [-0.2, 0) is 9.53 Å². The average molecular weight is 278 g/mol. The zero-order valence-corrected chi connectivity index (χ0v) is 11.8. The summed E-state index contributed by atoms with van der Waals surface area (Å²) in [4.78, 5) is 23.5. The minimum absolute atomic E-state index is 0.262. The van der Waals surface area contributed by atoms with E-state index in [9.17, 15) is 9.59 Å². The van der Waals surface area contributed by atoms with Crippen LogP contribution in [0.5, 0.6) is 0 Å². The third-order valence-corrected chi connectivity index (χ3v) is 3.46. The highest BCUT2D eigenvalue weighted by Gasteiger charge is 2.21. The molecule has 1 aromatic rings. The highest BCUT2D eigenvalue weighted by Crippen LogP contribution is 2.32. The quantitative estimate of drug-likeness (QED) is 0.678. The van der Waals surface area contributed by atoms with Crippen LogP contribution in [0.3, 0.4) is 0 Å². The van der Waals surface area contributed by atoms with E-state index in [1.807, 2.05) is 6.07 Å². The van der Waals surface area contributed by atoms with E-state index in [1.54, 1.807) is 26.8 Å². The molecule has 0 aromatic carbocycles. The summed E-state index contributed by atoms with van der Waals surface area (Å²) in [7, 11) is 0. The first-order valence-electron chi connectivity index (χ1n) is 5.69. The molecule has 6 heteroatoms. The Morgan fingerprint density at radius 2 is 2.21 bits per heavy atom. The maximum Gasteiger partial charge on any atom is 0.348 e. The molecule has 0 spiro atoms. The van der Waals surface area contributed by atoms with Gasteiger partial charge in [-0.25, -0.2) is 4.79 Å². The van der Waals surface area contributed by atoms with Gasteiger partial charge in [-0.15, -0.1) is 11.3 Å². The van der Waals surface area contributed by atoms with Gasteiger partial charge in [-0.2, -0.15) is 5.26 Å². The van der Waals surface area contributed by atoms with E-state index >= 15 is 0 Å². The van der Waals surface area contributed by atoms with Gasteiger partial charge in [0.25, 0.3) is 0 Å². The van der Waals surface area contributed by atoms with Crippen LogP contribution in [-0.4, -0.2) is 18.5 Å². The van der Waals surface area contributed by atoms with Crippen LogP contribution >= 0.6 is 11.3 Å². The highest BCUT2D eigenvalue weighted by molar-refractivity contribution is 7.18. The second kappa shape index (κ2) is 6.71. The molecule has 1 heterocycles. The van der Waals surface area contributed by atoms with E-state index in [-0.39, 0.29) is 12.5 Å². The average Bonchev–Trinajstić information content (AvgIpc) is 2.66. The molecule has 0 aliphatic heterocycles. The van der Waals surface area contributed by atoms with Crippen molar-refractivity contribution >= 4 is 28.2 Å². The number of rotatable bonds is 4. The van der Waals surface area contributed by atoms with Crippen molar-refractivity contribution in [3.8, 4) is 6.07 Å². The molecule has 0 radical (unpaired) electrons. The molecular weight excluding hydrogens is 264 g/mol. The lowest BCUT2D eigenvalue weighted by Gasteiger charge is -1.98. The molecule has 0 bridgehead atoms. The Bertz CT molecular complexity index is 567. The van der Waals surface area contributed by atoms with Gasteiger partial charge in [0.2, 0.25) is 5.91 Å². The van der Waals surface area contributed by atoms with Crippen LogP contribution in [0.25, 0.3) is 0 Å². The predicted octanol–water partition coefficient (Wildman–Crippen LogP) is 2.62. The van der Waals surface area contributed by atoms with Crippen molar-refractivity contribution in [2.45, 2.75) is 20.8 Å². The zero-order valence-electron chi connectivity index (χ0n) is 10.9. The molecule has 100 valence electrons. The van der Waals surface area contributed by atoms with Crippen molar-refractivity contribution in [1.82, 2.24) is 0 Å². The molecule has 0 fully saturated rings. The number of allylic oxidation sites excluding steroid dienone is 1. The standard InChI is InChI=1S/C13H14N2O3S/c1-4-6-10(16)15-12-9(7-14)8(3)11(19-12)13(17)18-5-2/h4,6H,5H2,1-3H3,(H,15,16)/b6-4-. The number of carbonyl (C=O) groups excluding carboxylic acids is 2. The number of nitrogens with one attached hydrogen (secondary N) is 1. The Labute approximate surface area is 115 Å². The fourth-order valence-corrected chi connectivity index (χ4v) is 2.49. The summed E-state index contributed by atoms with van der Waals surface area (Å²) in [5.41, 5.74) is 0.827. The Morgan fingerprint density at radius 3 is 2.74 bits per heavy atom. The molecule has 1 N–H and O–H groups in total. The lowest BCUT2D eigenvalue weighted by atomic mass is 10.2. The second-order valence-electron chi connectivity index (χ2n) is 3.58. The Hall–Kier alpha value is -2.13. The first kappa shape index (κ1) is 14.9. The van der Waals surface area contributed by atoms with Crippen LogP contribution in [0.1, 0.15) is 34.6 Å². The first-order valence-corrected chi connectivity index (χ1v) is 6.51. The highest BCUT2D eigenvalue weighted by atomic mass is 32.1. The number of esters is 1. The summed E-state index contributed by atoms with van der Waals surface area (Å²) in [5.74, 6) is -0.816. The number of hydrogen-bond donors (Lipinski definition) is 1. The van der Waals surface area contributed by atoms with E-state index in [4.69, 9.17) is 10.00 Å². The first-order chi connectivity index (χ1) is 9.04. The predicted molar refractivity (Wildman–Crippen MR) is 73.2 cm³/mol. The molecule has 19 heavy (non-hydrogen) atoms. The Kier molecular flexibility index (Phi) is 5.27. The van der Waals surface area contributed by atoms with Crippen molar-refractivity contribution in [2.24, 2.45) is 0 Å². The number of ether oxygens (including phenoxy) is 1. The molecule has 0 aliphatic rings. The summed E-state index contributed by atoms with van der Waals surface area (Å²) >= 11 is 1.05. The number of hydrogen-bond acceptors (Lipinski definition) is 5. The van der Waals surface area contributed by atoms with Crippen molar-refractivity contribution in [2.75, 3.05) is 11.9 Å². The molecule has 0 atom stereocenters. The zero-order chi connectivity index (χ0) is 14.4. The van der Waals surface area contributed by atoms with Gasteiger partial charge in [-0.05, 0) is 32.4 Å². The summed E-state index contributed by atoms with van der Waals surface area (Å²) in [5, 5.41) is 12.1. The maximum atomic E-state index is 11.7. The smallest absolute Gasteiger partial charge is 0.348 e. The Morgan fingerprint density at radius 1 is 1.53 bits per heavy atom. The molecule has 0 aliphatic carbocycles. The number of carbonyl (C=O) groups is 2. The molecule has 0 saturated carbocycles. The summed E-state index contributed by atoms with van der Waals surface area (Å²) in [6.45, 7) is 5.35. The Balaban J connectivity index is 3.13. The van der Waals surface area contributed by atoms with Gasteiger partial charge in [-0.1, -0.05) is 6.08 Å². The van der Waals surface area contributed by atoms with E-state index in [2.05, 4.69) is 5.32 Å². The van der Waals surface area contributed by atoms with Crippen molar-refractivity contribution in [3.63, 3.8) is 0 Å². The van der Waals surface area contributed by atoms with Crippen LogP contribution in [0.15, 0.2) is 12.2 Å². The van der Waals surface area contributed by atoms with Crippen molar-refractivity contribution in [1.29, 1.82) is 5.26 Å². The van der Waals surface area contributed by atoms with Crippen LogP contribution in [0, 0.1) is 18.3 Å². The van der Waals surface area contributed by atoms with Gasteiger partial charge in [0, 0.05) is 0 Å². The van der Waals surface area contributed by atoms with Gasteiger partial charge >= 0.3 is 5.97 Å². The van der Waals surface area contributed by atoms with E-state index in [0.717, 1.165) is 11.3 Å². The third-order valence-electron chi connectivity index (χ3n) is 2.27. The topological polar surface area (TPSA) is 79.2 Å².